The zero-order valence-corrected chi connectivity index (χ0v) is 9.64. The van der Waals surface area contributed by atoms with Gasteiger partial charge in [0, 0.05) is 0 Å². The molecule has 82 valence electrons. The second-order valence-electron chi connectivity index (χ2n) is 4.31. The molecule has 1 fully saturated rings. The van der Waals surface area contributed by atoms with Crippen molar-refractivity contribution in [3.63, 3.8) is 0 Å². The lowest BCUT2D eigenvalue weighted by Crippen LogP contribution is -2.10. The maximum absolute atomic E-state index is 9.61. The third-order valence-corrected chi connectivity index (χ3v) is 3.47. The minimum Gasteiger partial charge on any atom is -0.506 e. The molecule has 1 aromatic carbocycles. The maximum Gasteiger partial charge on any atom is 0.134 e. The van der Waals surface area contributed by atoms with Gasteiger partial charge in [0.25, 0.3) is 0 Å². The van der Waals surface area contributed by atoms with Crippen LogP contribution in [0.4, 0.5) is 0 Å². The molecule has 1 aliphatic heterocycles. The van der Waals surface area contributed by atoms with Crippen molar-refractivity contribution in [2.45, 2.75) is 19.8 Å². The van der Waals surface area contributed by atoms with Crippen LogP contribution in [0.3, 0.4) is 0 Å². The number of phenols is 1. The lowest BCUT2D eigenvalue weighted by atomic mass is 9.97. The SMILES string of the molecule is Cc1cc(CC2CCNC2)cc(O)c1Cl. The van der Waals surface area contributed by atoms with Crippen LogP contribution in [0.15, 0.2) is 12.1 Å². The Kier molecular flexibility index (Phi) is 3.17. The number of halogens is 1. The second-order valence-corrected chi connectivity index (χ2v) is 4.69. The van der Waals surface area contributed by atoms with E-state index in [0.29, 0.717) is 10.9 Å². The Balaban J connectivity index is 2.14. The zero-order chi connectivity index (χ0) is 10.8. The zero-order valence-electron chi connectivity index (χ0n) is 8.89. The molecule has 3 heteroatoms. The Morgan fingerprint density at radius 1 is 1.53 bits per heavy atom. The van der Waals surface area contributed by atoms with E-state index in [1.165, 1.54) is 12.0 Å². The van der Waals surface area contributed by atoms with Gasteiger partial charge < -0.3 is 10.4 Å². The molecule has 1 unspecified atom stereocenters. The first-order valence-electron chi connectivity index (χ1n) is 5.35. The lowest BCUT2D eigenvalue weighted by Gasteiger charge is -2.10. The van der Waals surface area contributed by atoms with Gasteiger partial charge in [0.1, 0.15) is 5.75 Å². The average Bonchev–Trinajstić information content (AvgIpc) is 2.66. The molecule has 2 nitrogen and oxygen atoms in total. The van der Waals surface area contributed by atoms with Crippen LogP contribution in [0.25, 0.3) is 0 Å². The minimum absolute atomic E-state index is 0.206. The Morgan fingerprint density at radius 3 is 2.93 bits per heavy atom. The van der Waals surface area contributed by atoms with Crippen LogP contribution in [0, 0.1) is 12.8 Å². The first kappa shape index (κ1) is 10.8. The van der Waals surface area contributed by atoms with Crippen LogP contribution in [0.5, 0.6) is 5.75 Å². The number of phenolic OH excluding ortho intramolecular Hbond substituents is 1. The predicted molar refractivity (Wildman–Crippen MR) is 62.5 cm³/mol. The Labute approximate surface area is 95.3 Å². The molecule has 0 amide bonds. The normalized spacial score (nSPS) is 20.8. The van der Waals surface area contributed by atoms with Crippen molar-refractivity contribution in [1.29, 1.82) is 0 Å². The van der Waals surface area contributed by atoms with E-state index in [2.05, 4.69) is 11.4 Å². The average molecular weight is 226 g/mol. The highest BCUT2D eigenvalue weighted by atomic mass is 35.5. The van der Waals surface area contributed by atoms with Gasteiger partial charge in [-0.1, -0.05) is 17.7 Å². The number of nitrogens with one attached hydrogen (secondary N) is 1. The molecule has 0 saturated carbocycles. The monoisotopic (exact) mass is 225 g/mol. The van der Waals surface area contributed by atoms with Crippen molar-refractivity contribution in [3.05, 3.63) is 28.3 Å². The molecule has 1 aliphatic rings. The molecule has 1 aromatic rings. The van der Waals surface area contributed by atoms with Crippen LogP contribution in [-0.4, -0.2) is 18.2 Å². The molecule has 0 radical (unpaired) electrons. The minimum atomic E-state index is 0.206. The third kappa shape index (κ3) is 2.44. The highest BCUT2D eigenvalue weighted by Crippen LogP contribution is 2.29. The summed E-state index contributed by atoms with van der Waals surface area (Å²) in [6, 6.07) is 3.86. The Hall–Kier alpha value is -0.730. The van der Waals surface area contributed by atoms with Gasteiger partial charge in [-0.2, -0.15) is 0 Å². The van der Waals surface area contributed by atoms with Crippen LogP contribution in [-0.2, 0) is 6.42 Å². The van der Waals surface area contributed by atoms with Crippen LogP contribution in [0.2, 0.25) is 5.02 Å². The van der Waals surface area contributed by atoms with Crippen molar-refractivity contribution in [3.8, 4) is 5.75 Å². The number of rotatable bonds is 2. The smallest absolute Gasteiger partial charge is 0.134 e. The molecule has 1 heterocycles. The summed E-state index contributed by atoms with van der Waals surface area (Å²) in [5, 5.41) is 13.4. The molecule has 1 saturated heterocycles. The van der Waals surface area contributed by atoms with Crippen molar-refractivity contribution in [1.82, 2.24) is 5.32 Å². The van der Waals surface area contributed by atoms with E-state index < -0.39 is 0 Å². The second kappa shape index (κ2) is 4.42. The summed E-state index contributed by atoms with van der Waals surface area (Å²) in [4.78, 5) is 0. The summed E-state index contributed by atoms with van der Waals surface area (Å²) in [6.45, 7) is 4.13. The highest BCUT2D eigenvalue weighted by Gasteiger charge is 2.15. The van der Waals surface area contributed by atoms with Crippen LogP contribution in [0.1, 0.15) is 17.5 Å². The lowest BCUT2D eigenvalue weighted by molar-refractivity contribution is 0.473. The van der Waals surface area contributed by atoms with E-state index in [1.54, 1.807) is 6.07 Å². The molecule has 2 N–H and O–H groups in total. The Morgan fingerprint density at radius 2 is 2.33 bits per heavy atom. The topological polar surface area (TPSA) is 32.3 Å². The number of aryl methyl sites for hydroxylation is 1. The van der Waals surface area contributed by atoms with E-state index in [9.17, 15) is 5.11 Å². The van der Waals surface area contributed by atoms with Crippen molar-refractivity contribution in [2.75, 3.05) is 13.1 Å². The Bertz CT molecular complexity index is 336. The summed E-state index contributed by atoms with van der Waals surface area (Å²) in [5.41, 5.74) is 2.14. The quantitative estimate of drug-likeness (QED) is 0.811. The summed E-state index contributed by atoms with van der Waals surface area (Å²) in [7, 11) is 0. The van der Waals surface area contributed by atoms with E-state index in [4.69, 9.17) is 11.6 Å². The first-order chi connectivity index (χ1) is 7.16. The first-order valence-corrected chi connectivity index (χ1v) is 5.73. The van der Waals surface area contributed by atoms with Gasteiger partial charge in [-0.05, 0) is 56.0 Å². The molecule has 0 aliphatic carbocycles. The fourth-order valence-corrected chi connectivity index (χ4v) is 2.27. The molecule has 0 aromatic heterocycles. The van der Waals surface area contributed by atoms with Crippen LogP contribution < -0.4 is 5.32 Å². The fourth-order valence-electron chi connectivity index (χ4n) is 2.16. The number of benzene rings is 1. The van der Waals surface area contributed by atoms with Crippen LogP contribution >= 0.6 is 11.6 Å². The van der Waals surface area contributed by atoms with Gasteiger partial charge >= 0.3 is 0 Å². The predicted octanol–water partition coefficient (Wildman–Crippen LogP) is 2.51. The molecule has 0 bridgehead atoms. The van der Waals surface area contributed by atoms with Gasteiger partial charge in [0.15, 0.2) is 0 Å². The van der Waals surface area contributed by atoms with Gasteiger partial charge in [-0.15, -0.1) is 0 Å². The van der Waals surface area contributed by atoms with Crippen molar-refractivity contribution < 1.29 is 5.11 Å². The van der Waals surface area contributed by atoms with Gasteiger partial charge in [-0.25, -0.2) is 0 Å². The number of aromatic hydroxyl groups is 1. The molecule has 15 heavy (non-hydrogen) atoms. The summed E-state index contributed by atoms with van der Waals surface area (Å²) in [5.74, 6) is 0.905. The van der Waals surface area contributed by atoms with Gasteiger partial charge in [0.2, 0.25) is 0 Å². The van der Waals surface area contributed by atoms with E-state index >= 15 is 0 Å². The van der Waals surface area contributed by atoms with Gasteiger partial charge in [-0.3, -0.25) is 0 Å². The van der Waals surface area contributed by atoms with E-state index in [-0.39, 0.29) is 5.75 Å². The number of hydrogen-bond acceptors (Lipinski definition) is 2. The molecule has 1 atom stereocenters. The third-order valence-electron chi connectivity index (χ3n) is 2.98. The van der Waals surface area contributed by atoms with Crippen molar-refractivity contribution in [2.24, 2.45) is 5.92 Å². The van der Waals surface area contributed by atoms with Crippen molar-refractivity contribution >= 4 is 11.6 Å². The fraction of sp³-hybridized carbons (Fsp3) is 0.500. The molecule has 2 rings (SSSR count). The maximum atomic E-state index is 9.61. The standard InChI is InChI=1S/C12H16ClNO/c1-8-4-10(6-11(15)12(8)13)5-9-2-3-14-7-9/h4,6,9,14-15H,2-3,5,7H2,1H3. The summed E-state index contributed by atoms with van der Waals surface area (Å²) in [6.07, 6.45) is 2.25. The largest absolute Gasteiger partial charge is 0.506 e. The molecule has 0 spiro atoms. The highest BCUT2D eigenvalue weighted by molar-refractivity contribution is 6.32. The summed E-state index contributed by atoms with van der Waals surface area (Å²) < 4.78 is 0. The number of hydrogen-bond donors (Lipinski definition) is 2. The summed E-state index contributed by atoms with van der Waals surface area (Å²) >= 11 is 5.90. The molecular weight excluding hydrogens is 210 g/mol. The van der Waals surface area contributed by atoms with E-state index in [1.807, 2.05) is 6.92 Å². The molecular formula is C12H16ClNO. The van der Waals surface area contributed by atoms with E-state index in [0.717, 1.165) is 25.1 Å². The van der Waals surface area contributed by atoms with Gasteiger partial charge in [0.05, 0.1) is 5.02 Å².